The molecule has 0 unspecified atom stereocenters. The second-order valence-corrected chi connectivity index (χ2v) is 7.87. The second-order valence-electron chi connectivity index (χ2n) is 6.95. The van der Waals surface area contributed by atoms with E-state index in [0.717, 1.165) is 4.47 Å². The molecule has 0 spiro atoms. The van der Waals surface area contributed by atoms with Gasteiger partial charge in [0.2, 0.25) is 5.91 Å². The van der Waals surface area contributed by atoms with E-state index in [9.17, 15) is 19.5 Å². The molecule has 0 aliphatic carbocycles. The molecule has 1 fully saturated rings. The maximum Gasteiger partial charge on any atom is 0.329 e. The van der Waals surface area contributed by atoms with E-state index in [1.54, 1.807) is 24.0 Å². The summed E-state index contributed by atoms with van der Waals surface area (Å²) in [6.45, 7) is 4.41. The van der Waals surface area contributed by atoms with Crippen molar-refractivity contribution in [2.45, 2.75) is 45.1 Å². The molecule has 1 saturated heterocycles. The highest BCUT2D eigenvalue weighted by Gasteiger charge is 2.37. The van der Waals surface area contributed by atoms with Crippen LogP contribution < -0.4 is 5.32 Å². The lowest BCUT2D eigenvalue weighted by molar-refractivity contribution is -0.148. The fourth-order valence-electron chi connectivity index (χ4n) is 3.22. The maximum absolute atomic E-state index is 12.5. The van der Waals surface area contributed by atoms with Gasteiger partial charge in [0.1, 0.15) is 5.54 Å². The lowest BCUT2D eigenvalue weighted by Crippen LogP contribution is -2.55. The number of nitrogens with one attached hydrogen (secondary N) is 1. The highest BCUT2D eigenvalue weighted by molar-refractivity contribution is 9.10. The lowest BCUT2D eigenvalue weighted by atomic mass is 9.91. The van der Waals surface area contributed by atoms with Crippen LogP contribution in [0.15, 0.2) is 28.7 Å². The number of nitrogens with zero attached hydrogens (tertiary/aromatic N) is 1. The van der Waals surface area contributed by atoms with E-state index in [1.807, 2.05) is 19.1 Å². The molecule has 0 radical (unpaired) electrons. The van der Waals surface area contributed by atoms with Gasteiger partial charge in [-0.2, -0.15) is 0 Å². The third-order valence-electron chi connectivity index (χ3n) is 4.87. The summed E-state index contributed by atoms with van der Waals surface area (Å²) in [7, 11) is 0. The highest BCUT2D eigenvalue weighted by atomic mass is 79.9. The zero-order chi connectivity index (χ0) is 19.3. The van der Waals surface area contributed by atoms with Crippen LogP contribution in [0.4, 0.5) is 0 Å². The Bertz CT molecular complexity index is 669. The Hall–Kier alpha value is -1.89. The van der Waals surface area contributed by atoms with E-state index in [0.29, 0.717) is 44.3 Å². The van der Waals surface area contributed by atoms with Crippen molar-refractivity contribution in [1.82, 2.24) is 10.2 Å². The summed E-state index contributed by atoms with van der Waals surface area (Å²) >= 11 is 3.35. The third-order valence-corrected chi connectivity index (χ3v) is 5.39. The van der Waals surface area contributed by atoms with E-state index < -0.39 is 11.5 Å². The summed E-state index contributed by atoms with van der Waals surface area (Å²) in [6.07, 6.45) is 2.13. The molecular formula is C19H25BrN2O4. The molecule has 1 aromatic rings. The average molecular weight is 425 g/mol. The minimum atomic E-state index is -1.24. The topological polar surface area (TPSA) is 86.7 Å². The van der Waals surface area contributed by atoms with E-state index >= 15 is 0 Å². The third kappa shape index (κ3) is 4.84. The standard InChI is InChI=1S/C19H25BrN2O4/c1-3-10-19(2,18(25)26)21-16(23)13-8-11-22(12-9-13)17(24)14-4-6-15(20)7-5-14/h4-7,13H,3,8-12H2,1-2H3,(H,21,23)(H,25,26)/t19-/m1/s1. The van der Waals surface area contributed by atoms with Gasteiger partial charge in [-0.1, -0.05) is 29.3 Å². The van der Waals surface area contributed by atoms with Gasteiger partial charge in [0.05, 0.1) is 0 Å². The van der Waals surface area contributed by atoms with Crippen LogP contribution in [0, 0.1) is 5.92 Å². The number of amides is 2. The monoisotopic (exact) mass is 424 g/mol. The number of carboxylic acids is 1. The summed E-state index contributed by atoms with van der Waals surface area (Å²) in [5.74, 6) is -1.56. The van der Waals surface area contributed by atoms with E-state index in [-0.39, 0.29) is 17.7 Å². The molecule has 1 aliphatic heterocycles. The van der Waals surface area contributed by atoms with Crippen LogP contribution in [0.25, 0.3) is 0 Å². The molecule has 0 aromatic heterocycles. The van der Waals surface area contributed by atoms with Gasteiger partial charge in [0.25, 0.3) is 5.91 Å². The molecule has 6 nitrogen and oxygen atoms in total. The molecule has 0 saturated carbocycles. The number of carbonyl (C=O) groups excluding carboxylic acids is 2. The van der Waals surface area contributed by atoms with E-state index in [4.69, 9.17) is 0 Å². The Balaban J connectivity index is 1.93. The lowest BCUT2D eigenvalue weighted by Gasteiger charge is -2.34. The fourth-order valence-corrected chi connectivity index (χ4v) is 3.48. The summed E-state index contributed by atoms with van der Waals surface area (Å²) in [6, 6.07) is 7.20. The number of rotatable bonds is 6. The van der Waals surface area contributed by atoms with Crippen molar-refractivity contribution >= 4 is 33.7 Å². The Morgan fingerprint density at radius 3 is 2.31 bits per heavy atom. The first-order valence-electron chi connectivity index (χ1n) is 8.87. The summed E-state index contributed by atoms with van der Waals surface area (Å²) < 4.78 is 0.915. The van der Waals surface area contributed by atoms with Crippen LogP contribution in [-0.2, 0) is 9.59 Å². The zero-order valence-corrected chi connectivity index (χ0v) is 16.7. The predicted octanol–water partition coefficient (Wildman–Crippen LogP) is 3.06. The van der Waals surface area contributed by atoms with Gasteiger partial charge in [0, 0.05) is 29.0 Å². The molecule has 1 heterocycles. The molecule has 26 heavy (non-hydrogen) atoms. The number of benzene rings is 1. The van der Waals surface area contributed by atoms with Gasteiger partial charge < -0.3 is 15.3 Å². The zero-order valence-electron chi connectivity index (χ0n) is 15.1. The summed E-state index contributed by atoms with van der Waals surface area (Å²) in [5, 5.41) is 12.1. The van der Waals surface area contributed by atoms with Crippen molar-refractivity contribution in [2.75, 3.05) is 13.1 Å². The van der Waals surface area contributed by atoms with Crippen LogP contribution in [0.3, 0.4) is 0 Å². The SMILES string of the molecule is CCC[C@@](C)(NC(=O)C1CCN(C(=O)c2ccc(Br)cc2)CC1)C(=O)O. The van der Waals surface area contributed by atoms with Crippen LogP contribution in [0.1, 0.15) is 49.9 Å². The average Bonchev–Trinajstić information content (AvgIpc) is 2.62. The number of piperidine rings is 1. The van der Waals surface area contributed by atoms with Gasteiger partial charge in [-0.25, -0.2) is 4.79 Å². The minimum Gasteiger partial charge on any atom is -0.480 e. The van der Waals surface area contributed by atoms with Crippen molar-refractivity contribution in [3.63, 3.8) is 0 Å². The molecule has 7 heteroatoms. The normalized spacial score (nSPS) is 17.4. The van der Waals surface area contributed by atoms with Crippen LogP contribution in [0.5, 0.6) is 0 Å². The number of aliphatic carboxylic acids is 1. The van der Waals surface area contributed by atoms with Crippen molar-refractivity contribution in [3.8, 4) is 0 Å². The molecule has 2 amide bonds. The molecular weight excluding hydrogens is 400 g/mol. The summed E-state index contributed by atoms with van der Waals surface area (Å²) in [5.41, 5.74) is -0.617. The summed E-state index contributed by atoms with van der Waals surface area (Å²) in [4.78, 5) is 38.2. The number of carbonyl (C=O) groups is 3. The Morgan fingerprint density at radius 1 is 1.23 bits per heavy atom. The second kappa shape index (κ2) is 8.66. The minimum absolute atomic E-state index is 0.0438. The van der Waals surface area contributed by atoms with Crippen molar-refractivity contribution in [2.24, 2.45) is 5.92 Å². The molecule has 1 aliphatic rings. The largest absolute Gasteiger partial charge is 0.480 e. The van der Waals surface area contributed by atoms with Crippen molar-refractivity contribution in [3.05, 3.63) is 34.3 Å². The number of hydrogen-bond donors (Lipinski definition) is 2. The first-order chi connectivity index (χ1) is 12.3. The van der Waals surface area contributed by atoms with Gasteiger partial charge >= 0.3 is 5.97 Å². The quantitative estimate of drug-likeness (QED) is 0.734. The molecule has 1 aromatic carbocycles. The first kappa shape index (κ1) is 20.4. The first-order valence-corrected chi connectivity index (χ1v) is 9.66. The smallest absolute Gasteiger partial charge is 0.329 e. The van der Waals surface area contributed by atoms with Crippen LogP contribution in [0.2, 0.25) is 0 Å². The van der Waals surface area contributed by atoms with Gasteiger partial charge in [-0.15, -0.1) is 0 Å². The Morgan fingerprint density at radius 2 is 1.81 bits per heavy atom. The number of carboxylic acid groups (broad SMARTS) is 1. The van der Waals surface area contributed by atoms with E-state index in [2.05, 4.69) is 21.2 Å². The van der Waals surface area contributed by atoms with Crippen LogP contribution >= 0.6 is 15.9 Å². The molecule has 2 rings (SSSR count). The molecule has 1 atom stereocenters. The number of likely N-dealkylation sites (tertiary alicyclic amines) is 1. The molecule has 0 bridgehead atoms. The number of hydrogen-bond acceptors (Lipinski definition) is 3. The van der Waals surface area contributed by atoms with E-state index in [1.165, 1.54) is 0 Å². The van der Waals surface area contributed by atoms with Crippen LogP contribution in [-0.4, -0.2) is 46.4 Å². The fraction of sp³-hybridized carbons (Fsp3) is 0.526. The Kier molecular flexibility index (Phi) is 6.81. The predicted molar refractivity (Wildman–Crippen MR) is 102 cm³/mol. The van der Waals surface area contributed by atoms with Gasteiger partial charge in [0.15, 0.2) is 0 Å². The Labute approximate surface area is 162 Å². The van der Waals surface area contributed by atoms with Gasteiger partial charge in [-0.3, -0.25) is 9.59 Å². The van der Waals surface area contributed by atoms with Crippen molar-refractivity contribution < 1.29 is 19.5 Å². The number of halogens is 1. The molecule has 2 N–H and O–H groups in total. The van der Waals surface area contributed by atoms with Crippen molar-refractivity contribution in [1.29, 1.82) is 0 Å². The molecule has 142 valence electrons. The maximum atomic E-state index is 12.5. The highest BCUT2D eigenvalue weighted by Crippen LogP contribution is 2.22. The van der Waals surface area contributed by atoms with Gasteiger partial charge in [-0.05, 0) is 50.5 Å².